The van der Waals surface area contributed by atoms with Gasteiger partial charge in [0.1, 0.15) is 5.75 Å². The second kappa shape index (κ2) is 8.03. The number of amides is 1. The van der Waals surface area contributed by atoms with Crippen LogP contribution in [-0.4, -0.2) is 67.5 Å². The fourth-order valence-corrected chi connectivity index (χ4v) is 3.96. The van der Waals surface area contributed by atoms with Crippen LogP contribution in [0.4, 0.5) is 5.13 Å². The summed E-state index contributed by atoms with van der Waals surface area (Å²) in [4.78, 5) is 21.6. The molecule has 3 aromatic rings. The zero-order valence-electron chi connectivity index (χ0n) is 15.0. The van der Waals surface area contributed by atoms with Gasteiger partial charge in [-0.15, -0.1) is 0 Å². The maximum Gasteiger partial charge on any atom is 0.298 e. The molecular formula is C18H20N4O4S. The van der Waals surface area contributed by atoms with Gasteiger partial charge in [0, 0.05) is 32.2 Å². The molecule has 1 aliphatic rings. The normalized spacial score (nSPS) is 15.1. The van der Waals surface area contributed by atoms with Crippen LogP contribution in [0.15, 0.2) is 35.0 Å². The number of ether oxygens (including phenoxy) is 2. The standard InChI is InChI=1S/C18H20N4O4S/c1-24-13-2-3-14-16(12-13)27-18(20-14)22(17(23)15-4-5-19-26-15)7-6-21-8-10-25-11-9-21/h2-5,12H,6-11H2,1H3. The first-order chi connectivity index (χ1) is 13.2. The molecule has 0 unspecified atom stereocenters. The van der Waals surface area contributed by atoms with Gasteiger partial charge in [0.05, 0.1) is 36.7 Å². The van der Waals surface area contributed by atoms with Crippen LogP contribution in [0.2, 0.25) is 0 Å². The average molecular weight is 388 g/mol. The van der Waals surface area contributed by atoms with Crippen molar-refractivity contribution in [1.29, 1.82) is 0 Å². The molecule has 0 radical (unpaired) electrons. The molecule has 2 aromatic heterocycles. The average Bonchev–Trinajstić information content (AvgIpc) is 3.38. The highest BCUT2D eigenvalue weighted by atomic mass is 32.1. The maximum atomic E-state index is 13.0. The van der Waals surface area contributed by atoms with Gasteiger partial charge in [0.2, 0.25) is 5.76 Å². The van der Waals surface area contributed by atoms with Crippen molar-refractivity contribution < 1.29 is 18.8 Å². The molecule has 9 heteroatoms. The Hall–Kier alpha value is -2.49. The van der Waals surface area contributed by atoms with Crippen molar-refractivity contribution in [3.8, 4) is 5.75 Å². The number of benzene rings is 1. The van der Waals surface area contributed by atoms with Crippen molar-refractivity contribution in [3.63, 3.8) is 0 Å². The number of carbonyl (C=O) groups excluding carboxylic acids is 1. The zero-order chi connectivity index (χ0) is 18.6. The van der Waals surface area contributed by atoms with E-state index in [-0.39, 0.29) is 11.7 Å². The van der Waals surface area contributed by atoms with Gasteiger partial charge in [-0.3, -0.25) is 14.6 Å². The number of anilines is 1. The van der Waals surface area contributed by atoms with Crippen LogP contribution in [0.5, 0.6) is 5.75 Å². The van der Waals surface area contributed by atoms with E-state index in [1.807, 2.05) is 18.2 Å². The van der Waals surface area contributed by atoms with E-state index < -0.39 is 0 Å². The van der Waals surface area contributed by atoms with E-state index in [4.69, 9.17) is 14.0 Å². The Morgan fingerprint density at radius 2 is 2.19 bits per heavy atom. The third-order valence-corrected chi connectivity index (χ3v) is 5.49. The molecule has 1 saturated heterocycles. The van der Waals surface area contributed by atoms with E-state index in [1.54, 1.807) is 18.1 Å². The highest BCUT2D eigenvalue weighted by molar-refractivity contribution is 7.22. The summed E-state index contributed by atoms with van der Waals surface area (Å²) in [5, 5.41) is 4.28. The zero-order valence-corrected chi connectivity index (χ0v) is 15.8. The summed E-state index contributed by atoms with van der Waals surface area (Å²) in [6.45, 7) is 4.41. The maximum absolute atomic E-state index is 13.0. The second-order valence-corrected chi connectivity index (χ2v) is 7.13. The number of morpholine rings is 1. The molecule has 1 aliphatic heterocycles. The lowest BCUT2D eigenvalue weighted by Gasteiger charge is -2.28. The van der Waals surface area contributed by atoms with E-state index >= 15 is 0 Å². The van der Waals surface area contributed by atoms with Crippen LogP contribution >= 0.6 is 11.3 Å². The van der Waals surface area contributed by atoms with Crippen molar-refractivity contribution in [1.82, 2.24) is 15.0 Å². The minimum absolute atomic E-state index is 0.203. The number of aromatic nitrogens is 2. The van der Waals surface area contributed by atoms with Crippen molar-refractivity contribution in [2.75, 3.05) is 51.4 Å². The Labute approximate surface area is 160 Å². The number of methoxy groups -OCH3 is 1. The van der Waals surface area contributed by atoms with E-state index in [1.165, 1.54) is 17.5 Å². The fraction of sp³-hybridized carbons (Fsp3) is 0.389. The summed E-state index contributed by atoms with van der Waals surface area (Å²) in [6.07, 6.45) is 1.47. The molecule has 1 fully saturated rings. The predicted molar refractivity (Wildman–Crippen MR) is 102 cm³/mol. The van der Waals surface area contributed by atoms with E-state index in [0.717, 1.165) is 48.8 Å². The van der Waals surface area contributed by atoms with Gasteiger partial charge in [0.25, 0.3) is 5.91 Å². The smallest absolute Gasteiger partial charge is 0.298 e. The summed E-state index contributed by atoms with van der Waals surface area (Å²) in [6, 6.07) is 7.26. The molecule has 27 heavy (non-hydrogen) atoms. The van der Waals surface area contributed by atoms with Gasteiger partial charge in [-0.25, -0.2) is 4.98 Å². The number of fused-ring (bicyclic) bond motifs is 1. The lowest BCUT2D eigenvalue weighted by Crippen LogP contribution is -2.43. The quantitative estimate of drug-likeness (QED) is 0.641. The number of hydrogen-bond acceptors (Lipinski definition) is 8. The monoisotopic (exact) mass is 388 g/mol. The highest BCUT2D eigenvalue weighted by Crippen LogP contribution is 2.32. The summed E-state index contributed by atoms with van der Waals surface area (Å²) >= 11 is 1.46. The summed E-state index contributed by atoms with van der Waals surface area (Å²) in [5.41, 5.74) is 0.831. The lowest BCUT2D eigenvalue weighted by atomic mass is 10.3. The molecule has 4 rings (SSSR count). The molecule has 1 amide bonds. The van der Waals surface area contributed by atoms with Crippen LogP contribution in [0, 0.1) is 0 Å². The van der Waals surface area contributed by atoms with Crippen LogP contribution in [0.25, 0.3) is 10.2 Å². The molecule has 8 nitrogen and oxygen atoms in total. The van der Waals surface area contributed by atoms with Crippen molar-refractivity contribution in [2.24, 2.45) is 0 Å². The Morgan fingerprint density at radius 3 is 2.93 bits per heavy atom. The Kier molecular flexibility index (Phi) is 5.33. The van der Waals surface area contributed by atoms with Gasteiger partial charge in [-0.1, -0.05) is 16.5 Å². The van der Waals surface area contributed by atoms with Gasteiger partial charge >= 0.3 is 0 Å². The van der Waals surface area contributed by atoms with Crippen LogP contribution in [0.3, 0.4) is 0 Å². The first kappa shape index (κ1) is 17.9. The van der Waals surface area contributed by atoms with Crippen molar-refractivity contribution in [2.45, 2.75) is 0 Å². The number of hydrogen-bond donors (Lipinski definition) is 0. The Balaban J connectivity index is 1.61. The molecule has 142 valence electrons. The minimum Gasteiger partial charge on any atom is -0.497 e. The molecular weight excluding hydrogens is 368 g/mol. The third-order valence-electron chi connectivity index (χ3n) is 4.45. The first-order valence-corrected chi connectivity index (χ1v) is 9.53. The molecule has 0 spiro atoms. The molecule has 0 atom stereocenters. The third kappa shape index (κ3) is 3.95. The van der Waals surface area contributed by atoms with Crippen LogP contribution in [-0.2, 0) is 4.74 Å². The fourth-order valence-electron chi connectivity index (χ4n) is 2.94. The highest BCUT2D eigenvalue weighted by Gasteiger charge is 2.25. The lowest BCUT2D eigenvalue weighted by molar-refractivity contribution is 0.0390. The topological polar surface area (TPSA) is 80.9 Å². The van der Waals surface area contributed by atoms with E-state index in [0.29, 0.717) is 11.7 Å². The molecule has 0 bridgehead atoms. The largest absolute Gasteiger partial charge is 0.497 e. The second-order valence-electron chi connectivity index (χ2n) is 6.12. The number of carbonyl (C=O) groups is 1. The molecule has 1 aromatic carbocycles. The van der Waals surface area contributed by atoms with Gasteiger partial charge in [0.15, 0.2) is 5.13 Å². The summed E-state index contributed by atoms with van der Waals surface area (Å²) < 4.78 is 16.7. The Bertz CT molecular complexity index is 905. The van der Waals surface area contributed by atoms with E-state index in [2.05, 4.69) is 15.0 Å². The molecule has 0 N–H and O–H groups in total. The first-order valence-electron chi connectivity index (χ1n) is 8.72. The van der Waals surface area contributed by atoms with Crippen molar-refractivity contribution in [3.05, 3.63) is 36.2 Å². The van der Waals surface area contributed by atoms with Crippen LogP contribution < -0.4 is 9.64 Å². The minimum atomic E-state index is -0.244. The summed E-state index contributed by atoms with van der Waals surface area (Å²) in [7, 11) is 1.63. The number of rotatable bonds is 6. The van der Waals surface area contributed by atoms with Gasteiger partial charge in [-0.05, 0) is 18.2 Å². The number of nitrogens with zero attached hydrogens (tertiary/aromatic N) is 4. The van der Waals surface area contributed by atoms with Gasteiger partial charge in [-0.2, -0.15) is 0 Å². The summed E-state index contributed by atoms with van der Waals surface area (Å²) in [5.74, 6) is 0.722. The molecule has 0 saturated carbocycles. The Morgan fingerprint density at radius 1 is 1.33 bits per heavy atom. The SMILES string of the molecule is COc1ccc2nc(N(CCN3CCOCC3)C(=O)c3ccno3)sc2c1. The molecule has 0 aliphatic carbocycles. The van der Waals surface area contributed by atoms with Crippen LogP contribution in [0.1, 0.15) is 10.6 Å². The predicted octanol–water partition coefficient (Wildman–Crippen LogP) is 2.27. The number of thiazole rings is 1. The van der Waals surface area contributed by atoms with Crippen molar-refractivity contribution >= 4 is 32.6 Å². The van der Waals surface area contributed by atoms with E-state index in [9.17, 15) is 4.79 Å². The van der Waals surface area contributed by atoms with Gasteiger partial charge < -0.3 is 14.0 Å². The molecule has 3 heterocycles.